The van der Waals surface area contributed by atoms with Gasteiger partial charge in [0.2, 0.25) is 10.0 Å². The summed E-state index contributed by atoms with van der Waals surface area (Å²) in [6, 6.07) is 9.08. The molecule has 0 aromatic heterocycles. The summed E-state index contributed by atoms with van der Waals surface area (Å²) >= 11 is 0. The molecular formula is C15H22N2O5S. The van der Waals surface area contributed by atoms with Crippen molar-refractivity contribution in [3.05, 3.63) is 35.9 Å². The molecule has 1 aliphatic heterocycles. The Morgan fingerprint density at radius 1 is 1.30 bits per heavy atom. The Kier molecular flexibility index (Phi) is 6.82. The molecule has 0 unspecified atom stereocenters. The van der Waals surface area contributed by atoms with Gasteiger partial charge in [-0.3, -0.25) is 0 Å². The normalized spacial score (nSPS) is 18.3. The highest BCUT2D eigenvalue weighted by atomic mass is 32.2. The van der Waals surface area contributed by atoms with Gasteiger partial charge in [0.1, 0.15) is 6.61 Å². The zero-order valence-corrected chi connectivity index (χ0v) is 13.7. The molecule has 1 aliphatic rings. The molecule has 1 amide bonds. The molecule has 1 aromatic rings. The molecule has 0 aliphatic carbocycles. The molecule has 1 atom stereocenters. The molecule has 128 valence electrons. The van der Waals surface area contributed by atoms with Crippen LogP contribution in [-0.2, 0) is 26.1 Å². The highest BCUT2D eigenvalue weighted by Crippen LogP contribution is 2.07. The molecule has 1 saturated heterocycles. The lowest BCUT2D eigenvalue weighted by atomic mass is 10.1. The fourth-order valence-electron chi connectivity index (χ4n) is 2.21. The van der Waals surface area contributed by atoms with Crippen LogP contribution in [0, 0.1) is 0 Å². The summed E-state index contributed by atoms with van der Waals surface area (Å²) in [6.45, 7) is 1.21. The molecular weight excluding hydrogens is 320 g/mol. The summed E-state index contributed by atoms with van der Waals surface area (Å²) in [4.78, 5) is 11.5. The maximum absolute atomic E-state index is 11.9. The van der Waals surface area contributed by atoms with E-state index < -0.39 is 16.1 Å². The second kappa shape index (κ2) is 8.85. The predicted octanol–water partition coefficient (Wildman–Crippen LogP) is 1.01. The van der Waals surface area contributed by atoms with E-state index in [9.17, 15) is 13.2 Å². The summed E-state index contributed by atoms with van der Waals surface area (Å²) in [6.07, 6.45) is 0.980. The first-order chi connectivity index (χ1) is 11.1. The van der Waals surface area contributed by atoms with Crippen LogP contribution in [0.2, 0.25) is 0 Å². The lowest BCUT2D eigenvalue weighted by molar-refractivity contribution is 0.0774. The highest BCUT2D eigenvalue weighted by Gasteiger charge is 2.20. The molecule has 0 saturated carbocycles. The van der Waals surface area contributed by atoms with Crippen molar-refractivity contribution >= 4 is 16.1 Å². The van der Waals surface area contributed by atoms with Gasteiger partial charge < -0.3 is 14.8 Å². The number of benzene rings is 1. The molecule has 1 aromatic carbocycles. The maximum atomic E-state index is 11.9. The van der Waals surface area contributed by atoms with Crippen LogP contribution < -0.4 is 10.0 Å². The fourth-order valence-corrected chi connectivity index (χ4v) is 3.39. The SMILES string of the molecule is O=C(NCCS(=O)(=O)N[C@@H]1CCCOC1)OCc1ccccc1. The maximum Gasteiger partial charge on any atom is 0.407 e. The Bertz CT molecular complexity index is 585. The van der Waals surface area contributed by atoms with Gasteiger partial charge in [-0.15, -0.1) is 0 Å². The van der Waals surface area contributed by atoms with Crippen molar-refractivity contribution in [2.75, 3.05) is 25.5 Å². The van der Waals surface area contributed by atoms with Crippen LogP contribution in [-0.4, -0.2) is 46.1 Å². The number of ether oxygens (including phenoxy) is 2. The Hall–Kier alpha value is -1.64. The summed E-state index contributed by atoms with van der Waals surface area (Å²) in [7, 11) is -3.44. The van der Waals surface area contributed by atoms with Crippen molar-refractivity contribution in [1.82, 2.24) is 10.0 Å². The number of alkyl carbamates (subject to hydrolysis) is 1. The zero-order valence-electron chi connectivity index (χ0n) is 12.9. The Morgan fingerprint density at radius 3 is 2.78 bits per heavy atom. The number of carbonyl (C=O) groups excluding carboxylic acids is 1. The van der Waals surface area contributed by atoms with Crippen LogP contribution >= 0.6 is 0 Å². The van der Waals surface area contributed by atoms with E-state index in [2.05, 4.69) is 10.0 Å². The van der Waals surface area contributed by atoms with E-state index in [-0.39, 0.29) is 24.9 Å². The van der Waals surface area contributed by atoms with Gasteiger partial charge in [-0.1, -0.05) is 30.3 Å². The van der Waals surface area contributed by atoms with E-state index in [4.69, 9.17) is 9.47 Å². The summed E-state index contributed by atoms with van der Waals surface area (Å²) in [5.41, 5.74) is 0.870. The summed E-state index contributed by atoms with van der Waals surface area (Å²) < 4.78 is 36.6. The minimum atomic E-state index is -3.44. The van der Waals surface area contributed by atoms with Gasteiger partial charge in [-0.2, -0.15) is 0 Å². The van der Waals surface area contributed by atoms with Crippen molar-refractivity contribution in [2.24, 2.45) is 0 Å². The first kappa shape index (κ1) is 17.7. The third-order valence-electron chi connectivity index (χ3n) is 3.36. The van der Waals surface area contributed by atoms with E-state index in [0.717, 1.165) is 18.4 Å². The van der Waals surface area contributed by atoms with Crippen LogP contribution in [0.3, 0.4) is 0 Å². The summed E-state index contributed by atoms with van der Waals surface area (Å²) in [5.74, 6) is -0.191. The predicted molar refractivity (Wildman–Crippen MR) is 85.4 cm³/mol. The van der Waals surface area contributed by atoms with Crippen molar-refractivity contribution in [2.45, 2.75) is 25.5 Å². The number of sulfonamides is 1. The van der Waals surface area contributed by atoms with Crippen LogP contribution in [0.1, 0.15) is 18.4 Å². The number of hydrogen-bond acceptors (Lipinski definition) is 5. The standard InChI is InChI=1S/C15H22N2O5S/c18-15(22-11-13-5-2-1-3-6-13)16-8-10-23(19,20)17-14-7-4-9-21-12-14/h1-3,5-6,14,17H,4,7-12H2,(H,16,18)/t14-/m1/s1. The van der Waals surface area contributed by atoms with E-state index in [0.29, 0.717) is 13.2 Å². The van der Waals surface area contributed by atoms with Crippen molar-refractivity contribution < 1.29 is 22.7 Å². The molecule has 0 spiro atoms. The second-order valence-corrected chi connectivity index (χ2v) is 7.21. The number of amides is 1. The van der Waals surface area contributed by atoms with E-state index >= 15 is 0 Å². The van der Waals surface area contributed by atoms with Gasteiger partial charge >= 0.3 is 6.09 Å². The first-order valence-electron chi connectivity index (χ1n) is 7.57. The van der Waals surface area contributed by atoms with Crippen LogP contribution in [0.5, 0.6) is 0 Å². The lowest BCUT2D eigenvalue weighted by Gasteiger charge is -2.22. The van der Waals surface area contributed by atoms with Crippen LogP contribution in [0.15, 0.2) is 30.3 Å². The molecule has 0 bridgehead atoms. The minimum Gasteiger partial charge on any atom is -0.445 e. The topological polar surface area (TPSA) is 93.7 Å². The number of nitrogens with one attached hydrogen (secondary N) is 2. The average molecular weight is 342 g/mol. The number of carbonyl (C=O) groups is 1. The van der Waals surface area contributed by atoms with Gasteiger partial charge in [0.05, 0.1) is 12.4 Å². The van der Waals surface area contributed by atoms with Gasteiger partial charge in [0.25, 0.3) is 0 Å². The fraction of sp³-hybridized carbons (Fsp3) is 0.533. The third-order valence-corrected chi connectivity index (χ3v) is 4.79. The Balaban J connectivity index is 1.64. The zero-order chi connectivity index (χ0) is 16.5. The quantitative estimate of drug-likeness (QED) is 0.771. The van der Waals surface area contributed by atoms with Gasteiger partial charge in [0.15, 0.2) is 0 Å². The largest absolute Gasteiger partial charge is 0.445 e. The van der Waals surface area contributed by atoms with Gasteiger partial charge in [-0.25, -0.2) is 17.9 Å². The molecule has 2 N–H and O–H groups in total. The Labute approximate surface area is 136 Å². The Morgan fingerprint density at radius 2 is 2.09 bits per heavy atom. The smallest absolute Gasteiger partial charge is 0.407 e. The minimum absolute atomic E-state index is 0.00344. The molecule has 1 fully saturated rings. The molecule has 23 heavy (non-hydrogen) atoms. The van der Waals surface area contributed by atoms with Crippen LogP contribution in [0.25, 0.3) is 0 Å². The van der Waals surface area contributed by atoms with Crippen molar-refractivity contribution in [3.63, 3.8) is 0 Å². The number of hydrogen-bond donors (Lipinski definition) is 2. The van der Waals surface area contributed by atoms with Gasteiger partial charge in [0, 0.05) is 19.2 Å². The highest BCUT2D eigenvalue weighted by molar-refractivity contribution is 7.89. The molecule has 0 radical (unpaired) electrons. The number of rotatable bonds is 7. The molecule has 8 heteroatoms. The second-order valence-electron chi connectivity index (χ2n) is 5.34. The first-order valence-corrected chi connectivity index (χ1v) is 9.23. The van der Waals surface area contributed by atoms with E-state index in [1.165, 1.54) is 0 Å². The molecule has 7 nitrogen and oxygen atoms in total. The van der Waals surface area contributed by atoms with E-state index in [1.807, 2.05) is 30.3 Å². The van der Waals surface area contributed by atoms with Crippen molar-refractivity contribution in [3.8, 4) is 0 Å². The monoisotopic (exact) mass is 342 g/mol. The van der Waals surface area contributed by atoms with Gasteiger partial charge in [-0.05, 0) is 18.4 Å². The van der Waals surface area contributed by atoms with Crippen molar-refractivity contribution in [1.29, 1.82) is 0 Å². The van der Waals surface area contributed by atoms with Crippen LogP contribution in [0.4, 0.5) is 4.79 Å². The summed E-state index contributed by atoms with van der Waals surface area (Å²) in [5, 5.41) is 2.43. The average Bonchev–Trinajstić information content (AvgIpc) is 2.54. The van der Waals surface area contributed by atoms with E-state index in [1.54, 1.807) is 0 Å². The third kappa shape index (κ3) is 6.98. The lowest BCUT2D eigenvalue weighted by Crippen LogP contribution is -2.43. The molecule has 2 rings (SSSR count). The molecule has 1 heterocycles.